The van der Waals surface area contributed by atoms with Crippen LogP contribution in [0.15, 0.2) is 18.7 Å². The lowest BCUT2D eigenvalue weighted by molar-refractivity contribution is -0.168. The summed E-state index contributed by atoms with van der Waals surface area (Å²) in [5, 5.41) is -5.02. The molecule has 1 aromatic heterocycles. The van der Waals surface area contributed by atoms with E-state index in [1.54, 1.807) is 0 Å². The van der Waals surface area contributed by atoms with Crippen LogP contribution in [0.2, 0.25) is 0 Å². The lowest BCUT2D eigenvalue weighted by Gasteiger charge is -2.44. The third kappa shape index (κ3) is 2.98. The molecule has 9 nitrogen and oxygen atoms in total. The summed E-state index contributed by atoms with van der Waals surface area (Å²) in [6.45, 7) is -0.422. The maximum absolute atomic E-state index is 13.4. The zero-order chi connectivity index (χ0) is 20.4. The minimum Gasteiger partial charge on any atom is -0.460 e. The lowest BCUT2D eigenvalue weighted by atomic mass is 9.67. The van der Waals surface area contributed by atoms with Gasteiger partial charge in [-0.25, -0.2) is 19.1 Å². The van der Waals surface area contributed by atoms with Crippen molar-refractivity contribution in [1.29, 1.82) is 0 Å². The van der Waals surface area contributed by atoms with Crippen molar-refractivity contribution in [3.05, 3.63) is 18.7 Å². The van der Waals surface area contributed by atoms with Gasteiger partial charge in [0.05, 0.1) is 6.61 Å². The number of nitrogens with zero attached hydrogens (tertiary/aromatic N) is 2. The van der Waals surface area contributed by atoms with Gasteiger partial charge in [-0.05, 0) is 43.9 Å². The number of rotatable bonds is 5. The fourth-order valence-corrected chi connectivity index (χ4v) is 5.59. The molecule has 4 aliphatic carbocycles. The molecule has 1 N–H and O–H groups in total. The van der Waals surface area contributed by atoms with Crippen LogP contribution in [-0.2, 0) is 24.4 Å². The van der Waals surface area contributed by atoms with Gasteiger partial charge < -0.3 is 9.47 Å². The molecule has 4 bridgehead atoms. The Labute approximate surface area is 158 Å². The first-order chi connectivity index (χ1) is 13.0. The number of hydrogen-bond donors (Lipinski definition) is 1. The van der Waals surface area contributed by atoms with Crippen molar-refractivity contribution >= 4 is 22.2 Å². The van der Waals surface area contributed by atoms with E-state index < -0.39 is 45.1 Å². The van der Waals surface area contributed by atoms with E-state index in [0.717, 1.165) is 0 Å². The highest BCUT2D eigenvalue weighted by atomic mass is 32.2. The number of ether oxygens (including phenoxy) is 2. The van der Waals surface area contributed by atoms with Crippen LogP contribution < -0.4 is 0 Å². The Kier molecular flexibility index (Phi) is 4.10. The van der Waals surface area contributed by atoms with E-state index in [-0.39, 0.29) is 11.8 Å². The predicted octanol–water partition coefficient (Wildman–Crippen LogP) is 1.84. The van der Waals surface area contributed by atoms with Crippen LogP contribution >= 0.6 is 0 Å². The van der Waals surface area contributed by atoms with Crippen molar-refractivity contribution in [2.45, 2.75) is 43.0 Å². The van der Waals surface area contributed by atoms with E-state index >= 15 is 0 Å². The molecule has 12 heteroatoms. The molecule has 0 saturated heterocycles. The van der Waals surface area contributed by atoms with Crippen LogP contribution in [0.25, 0.3) is 0 Å². The molecular formula is C16H18F2N2O7S. The zero-order valence-corrected chi connectivity index (χ0v) is 15.4. The molecule has 4 saturated carbocycles. The first-order valence-corrected chi connectivity index (χ1v) is 10.1. The first kappa shape index (κ1) is 19.2. The molecular weight excluding hydrogens is 402 g/mol. The minimum absolute atomic E-state index is 0.213. The van der Waals surface area contributed by atoms with E-state index in [1.165, 1.54) is 23.3 Å². The zero-order valence-electron chi connectivity index (χ0n) is 14.6. The normalized spacial score (nSPS) is 33.8. The molecule has 0 aliphatic heterocycles. The molecule has 28 heavy (non-hydrogen) atoms. The van der Waals surface area contributed by atoms with Crippen molar-refractivity contribution in [2.75, 3.05) is 6.61 Å². The summed E-state index contributed by atoms with van der Waals surface area (Å²) >= 11 is 0. The van der Waals surface area contributed by atoms with E-state index in [2.05, 4.69) is 9.72 Å². The Bertz CT molecular complexity index is 901. The Morgan fingerprint density at radius 3 is 2.43 bits per heavy atom. The summed E-state index contributed by atoms with van der Waals surface area (Å²) in [6.07, 6.45) is 6.46. The van der Waals surface area contributed by atoms with Gasteiger partial charge in [-0.1, -0.05) is 0 Å². The van der Waals surface area contributed by atoms with Gasteiger partial charge in [-0.3, -0.25) is 4.55 Å². The quantitative estimate of drug-likeness (QED) is 0.565. The average molecular weight is 420 g/mol. The van der Waals surface area contributed by atoms with Crippen molar-refractivity contribution in [1.82, 2.24) is 9.55 Å². The minimum atomic E-state index is -5.91. The van der Waals surface area contributed by atoms with Crippen molar-refractivity contribution in [2.24, 2.45) is 17.3 Å². The largest absolute Gasteiger partial charge is 0.465 e. The predicted molar refractivity (Wildman–Crippen MR) is 86.8 cm³/mol. The molecule has 5 rings (SSSR count). The number of esters is 1. The highest BCUT2D eigenvalue weighted by Gasteiger charge is 2.65. The Hall–Kier alpha value is -2.08. The van der Waals surface area contributed by atoms with Gasteiger partial charge in [0.15, 0.2) is 0 Å². The molecule has 0 amide bonds. The van der Waals surface area contributed by atoms with E-state index in [4.69, 9.17) is 9.29 Å². The van der Waals surface area contributed by atoms with Crippen molar-refractivity contribution in [3.8, 4) is 0 Å². The van der Waals surface area contributed by atoms with Gasteiger partial charge in [0.25, 0.3) is 0 Å². The number of aromatic nitrogens is 2. The highest BCUT2D eigenvalue weighted by molar-refractivity contribution is 7.87. The van der Waals surface area contributed by atoms with Crippen molar-refractivity contribution in [3.63, 3.8) is 0 Å². The SMILES string of the molecule is O=C(OC12CC3CC(COC(=O)C(F)(F)S(=O)(=O)O)(CC3C1)C2)n1ccnc1. The monoisotopic (exact) mass is 420 g/mol. The summed E-state index contributed by atoms with van der Waals surface area (Å²) in [6, 6.07) is 0. The maximum Gasteiger partial charge on any atom is 0.465 e. The molecule has 0 aromatic carbocycles. The van der Waals surface area contributed by atoms with Gasteiger partial charge >= 0.3 is 27.4 Å². The summed E-state index contributed by atoms with van der Waals surface area (Å²) in [4.78, 5) is 27.6. The molecule has 4 fully saturated rings. The van der Waals surface area contributed by atoms with E-state index in [1.807, 2.05) is 0 Å². The van der Waals surface area contributed by atoms with Crippen LogP contribution in [0.4, 0.5) is 13.6 Å². The van der Waals surface area contributed by atoms with E-state index in [9.17, 15) is 26.8 Å². The first-order valence-electron chi connectivity index (χ1n) is 8.69. The van der Waals surface area contributed by atoms with Crippen LogP contribution in [0.1, 0.15) is 32.1 Å². The Morgan fingerprint density at radius 1 is 1.25 bits per heavy atom. The Balaban J connectivity index is 1.46. The number of imidazole rings is 1. The molecule has 1 aromatic rings. The molecule has 154 valence electrons. The average Bonchev–Trinajstić information content (AvgIpc) is 3.25. The van der Waals surface area contributed by atoms with E-state index in [0.29, 0.717) is 32.1 Å². The molecule has 0 spiro atoms. The standard InChI is InChI=1S/C16H18F2N2O7S/c17-16(18,28(23,24)25)12(21)26-8-14-3-10-5-15(7-14,6-11(10)4-14)27-13(22)20-2-1-19-9-20/h1-2,9-11H,3-8H2,(H,23,24,25). The second kappa shape index (κ2) is 5.96. The molecule has 2 atom stereocenters. The number of carbonyl (C=O) groups is 2. The molecule has 4 aliphatic rings. The van der Waals surface area contributed by atoms with Crippen LogP contribution in [0.5, 0.6) is 0 Å². The smallest absolute Gasteiger partial charge is 0.460 e. The second-order valence-corrected chi connectivity index (χ2v) is 9.57. The van der Waals surface area contributed by atoms with Gasteiger partial charge in [0.1, 0.15) is 11.9 Å². The van der Waals surface area contributed by atoms with Gasteiger partial charge in [0, 0.05) is 17.8 Å². The second-order valence-electron chi connectivity index (χ2n) is 8.10. The van der Waals surface area contributed by atoms with Crippen LogP contribution in [0.3, 0.4) is 0 Å². The number of halogens is 2. The third-order valence-electron chi connectivity index (χ3n) is 6.11. The van der Waals surface area contributed by atoms with Gasteiger partial charge in [0.2, 0.25) is 0 Å². The van der Waals surface area contributed by atoms with Crippen molar-refractivity contribution < 1.29 is 40.8 Å². The number of hydrogen-bond acceptors (Lipinski definition) is 7. The third-order valence-corrected chi connectivity index (χ3v) is 6.93. The summed E-state index contributed by atoms with van der Waals surface area (Å²) in [5.41, 5.74) is -1.43. The Morgan fingerprint density at radius 2 is 1.89 bits per heavy atom. The fraction of sp³-hybridized carbons (Fsp3) is 0.688. The van der Waals surface area contributed by atoms with Crippen LogP contribution in [-0.4, -0.2) is 52.0 Å². The summed E-state index contributed by atoms with van der Waals surface area (Å²) in [7, 11) is -5.91. The molecule has 2 unspecified atom stereocenters. The van der Waals surface area contributed by atoms with Crippen LogP contribution in [0, 0.1) is 17.3 Å². The summed E-state index contributed by atoms with van der Waals surface area (Å²) in [5.74, 6) is -1.88. The maximum atomic E-state index is 13.4. The lowest BCUT2D eigenvalue weighted by Crippen LogP contribution is -2.47. The topological polar surface area (TPSA) is 125 Å². The number of carbonyl (C=O) groups excluding carboxylic acids is 2. The summed E-state index contributed by atoms with van der Waals surface area (Å²) < 4.78 is 68.3. The van der Waals surface area contributed by atoms with Gasteiger partial charge in [-0.2, -0.15) is 17.2 Å². The van der Waals surface area contributed by atoms with Gasteiger partial charge in [-0.15, -0.1) is 0 Å². The fourth-order valence-electron chi connectivity index (χ4n) is 5.32. The highest BCUT2D eigenvalue weighted by Crippen LogP contribution is 2.67. The number of alkyl halides is 2. The molecule has 1 heterocycles. The molecule has 0 radical (unpaired) electrons.